The Hall–Kier alpha value is -1.93. The average molecular weight is 281 g/mol. The maximum absolute atomic E-state index is 11.8. The molecule has 2 aromatic rings. The van der Waals surface area contributed by atoms with E-state index in [1.807, 2.05) is 6.07 Å². The summed E-state index contributed by atoms with van der Waals surface area (Å²) >= 11 is 0. The van der Waals surface area contributed by atoms with E-state index in [-0.39, 0.29) is 12.3 Å². The van der Waals surface area contributed by atoms with Crippen molar-refractivity contribution in [1.82, 2.24) is 19.9 Å². The van der Waals surface area contributed by atoms with Gasteiger partial charge >= 0.3 is 0 Å². The highest BCUT2D eigenvalue weighted by atomic mass is 32.2. The predicted molar refractivity (Wildman–Crippen MR) is 71.6 cm³/mol. The van der Waals surface area contributed by atoms with Crippen molar-refractivity contribution in [3.8, 4) is 0 Å². The molecule has 8 heteroatoms. The number of nitrogens with two attached hydrogens (primary N) is 1. The van der Waals surface area contributed by atoms with Crippen LogP contribution in [0.2, 0.25) is 0 Å². The third-order valence-electron chi connectivity index (χ3n) is 2.59. The summed E-state index contributed by atoms with van der Waals surface area (Å²) < 4.78 is 26.1. The van der Waals surface area contributed by atoms with Gasteiger partial charge in [0.05, 0.1) is 11.9 Å². The number of anilines is 1. The number of hydrogen-bond donors (Lipinski definition) is 3. The molecule has 0 atom stereocenters. The lowest BCUT2D eigenvalue weighted by atomic mass is 10.3. The highest BCUT2D eigenvalue weighted by Gasteiger charge is 2.12. The van der Waals surface area contributed by atoms with E-state index in [4.69, 9.17) is 5.73 Å². The summed E-state index contributed by atoms with van der Waals surface area (Å²) in [6.45, 7) is 0.132. The maximum atomic E-state index is 11.8. The van der Waals surface area contributed by atoms with Crippen LogP contribution >= 0.6 is 0 Å². The van der Waals surface area contributed by atoms with Gasteiger partial charge in [0.15, 0.2) is 0 Å². The molecule has 4 N–H and O–H groups in total. The molecule has 0 spiro atoms. The minimum atomic E-state index is -3.36. The molecule has 0 saturated heterocycles. The summed E-state index contributed by atoms with van der Waals surface area (Å²) in [6, 6.07) is 5.41. The van der Waals surface area contributed by atoms with Gasteiger partial charge < -0.3 is 5.73 Å². The zero-order valence-electron chi connectivity index (χ0n) is 10.2. The number of aromatic nitrogens is 3. The number of aromatic amines is 1. The molecule has 2 heterocycles. The van der Waals surface area contributed by atoms with E-state index >= 15 is 0 Å². The first-order valence-corrected chi connectivity index (χ1v) is 7.37. The van der Waals surface area contributed by atoms with Crippen molar-refractivity contribution >= 4 is 15.8 Å². The molecular formula is C11H15N5O2S. The zero-order valence-corrected chi connectivity index (χ0v) is 11.0. The van der Waals surface area contributed by atoms with E-state index in [0.717, 1.165) is 5.69 Å². The van der Waals surface area contributed by atoms with Crippen molar-refractivity contribution in [3.63, 3.8) is 0 Å². The van der Waals surface area contributed by atoms with E-state index in [9.17, 15) is 8.42 Å². The second-order valence-electron chi connectivity index (χ2n) is 4.02. The number of aryl methyl sites for hydroxylation is 1. The topological polar surface area (TPSA) is 114 Å². The third-order valence-corrected chi connectivity index (χ3v) is 3.91. The van der Waals surface area contributed by atoms with E-state index in [1.165, 1.54) is 6.20 Å². The Bertz CT molecular complexity index is 624. The van der Waals surface area contributed by atoms with Gasteiger partial charge in [-0.25, -0.2) is 13.1 Å². The fourth-order valence-electron chi connectivity index (χ4n) is 1.51. The normalized spacial score (nSPS) is 11.6. The monoisotopic (exact) mass is 281 g/mol. The summed E-state index contributed by atoms with van der Waals surface area (Å²) in [5.74, 6) is 0.356. The van der Waals surface area contributed by atoms with Crippen LogP contribution in [0.4, 0.5) is 5.82 Å². The van der Waals surface area contributed by atoms with E-state index in [0.29, 0.717) is 17.8 Å². The van der Waals surface area contributed by atoms with Crippen LogP contribution < -0.4 is 10.5 Å². The Balaban J connectivity index is 1.87. The molecule has 2 aromatic heterocycles. The molecule has 0 aliphatic carbocycles. The van der Waals surface area contributed by atoms with E-state index in [1.54, 1.807) is 18.3 Å². The Morgan fingerprint density at radius 1 is 1.37 bits per heavy atom. The van der Waals surface area contributed by atoms with Crippen LogP contribution in [0.5, 0.6) is 0 Å². The lowest BCUT2D eigenvalue weighted by Gasteiger charge is -2.05. The molecule has 0 amide bonds. The van der Waals surface area contributed by atoms with Gasteiger partial charge in [-0.1, -0.05) is 6.07 Å². The fourth-order valence-corrected chi connectivity index (χ4v) is 2.50. The molecule has 0 saturated carbocycles. The van der Waals surface area contributed by atoms with Crippen LogP contribution in [-0.4, -0.2) is 29.4 Å². The summed E-state index contributed by atoms with van der Waals surface area (Å²) in [5, 5.41) is 6.27. The SMILES string of the molecule is Nc1[nH]ncc1CNS(=O)(=O)CCc1ccccn1. The Kier molecular flexibility index (Phi) is 4.13. The standard InChI is InChI=1S/C11H15N5O2S/c12-11-9(7-14-16-11)8-15-19(17,18)6-4-10-3-1-2-5-13-10/h1-3,5,7,15H,4,6,8H2,(H3,12,14,16). The molecule has 0 unspecified atom stereocenters. The summed E-state index contributed by atoms with van der Waals surface area (Å²) in [5.41, 5.74) is 6.94. The van der Waals surface area contributed by atoms with Gasteiger partial charge in [0.2, 0.25) is 10.0 Å². The van der Waals surface area contributed by atoms with Crippen LogP contribution in [-0.2, 0) is 23.0 Å². The highest BCUT2D eigenvalue weighted by Crippen LogP contribution is 2.06. The van der Waals surface area contributed by atoms with Gasteiger partial charge in [-0.3, -0.25) is 10.1 Å². The van der Waals surface area contributed by atoms with Gasteiger partial charge in [0.25, 0.3) is 0 Å². The number of sulfonamides is 1. The van der Waals surface area contributed by atoms with Gasteiger partial charge in [0.1, 0.15) is 5.82 Å². The minimum absolute atomic E-state index is 0.0121. The summed E-state index contributed by atoms with van der Waals surface area (Å²) in [6.07, 6.45) is 3.51. The Morgan fingerprint density at radius 3 is 2.84 bits per heavy atom. The summed E-state index contributed by atoms with van der Waals surface area (Å²) in [7, 11) is -3.36. The zero-order chi connectivity index (χ0) is 13.7. The average Bonchev–Trinajstić information content (AvgIpc) is 2.81. The first kappa shape index (κ1) is 13.5. The van der Waals surface area contributed by atoms with Crippen molar-refractivity contribution in [2.45, 2.75) is 13.0 Å². The Morgan fingerprint density at radius 2 is 2.21 bits per heavy atom. The quantitative estimate of drug-likeness (QED) is 0.692. The molecule has 0 aromatic carbocycles. The van der Waals surface area contributed by atoms with Crippen LogP contribution in [0.15, 0.2) is 30.6 Å². The maximum Gasteiger partial charge on any atom is 0.212 e. The van der Waals surface area contributed by atoms with Crippen LogP contribution in [0.3, 0.4) is 0 Å². The molecule has 0 radical (unpaired) electrons. The minimum Gasteiger partial charge on any atom is -0.384 e. The van der Waals surface area contributed by atoms with Crippen LogP contribution in [0.1, 0.15) is 11.3 Å². The summed E-state index contributed by atoms with van der Waals surface area (Å²) in [4.78, 5) is 4.08. The predicted octanol–water partition coefficient (Wildman–Crippen LogP) is 0.0490. The van der Waals surface area contributed by atoms with E-state index in [2.05, 4.69) is 19.9 Å². The largest absolute Gasteiger partial charge is 0.384 e. The van der Waals surface area contributed by atoms with Crippen molar-refractivity contribution in [3.05, 3.63) is 41.9 Å². The van der Waals surface area contributed by atoms with Crippen molar-refractivity contribution in [2.24, 2.45) is 0 Å². The first-order valence-electron chi connectivity index (χ1n) is 5.72. The van der Waals surface area contributed by atoms with Gasteiger partial charge in [-0.15, -0.1) is 0 Å². The molecule has 19 heavy (non-hydrogen) atoms. The number of nitrogens with zero attached hydrogens (tertiary/aromatic N) is 2. The molecular weight excluding hydrogens is 266 g/mol. The van der Waals surface area contributed by atoms with Crippen LogP contribution in [0.25, 0.3) is 0 Å². The number of hydrogen-bond acceptors (Lipinski definition) is 5. The highest BCUT2D eigenvalue weighted by molar-refractivity contribution is 7.89. The molecule has 0 aliphatic rings. The smallest absolute Gasteiger partial charge is 0.212 e. The number of nitrogens with one attached hydrogen (secondary N) is 2. The van der Waals surface area contributed by atoms with E-state index < -0.39 is 10.0 Å². The molecule has 0 fully saturated rings. The first-order chi connectivity index (χ1) is 9.07. The number of H-pyrrole nitrogens is 1. The third kappa shape index (κ3) is 4.04. The molecule has 102 valence electrons. The number of pyridine rings is 1. The lowest BCUT2D eigenvalue weighted by Crippen LogP contribution is -2.27. The van der Waals surface area contributed by atoms with Gasteiger partial charge in [0, 0.05) is 30.4 Å². The van der Waals surface area contributed by atoms with Gasteiger partial charge in [-0.05, 0) is 12.1 Å². The van der Waals surface area contributed by atoms with Crippen LogP contribution in [0, 0.1) is 0 Å². The molecule has 2 rings (SSSR count). The van der Waals surface area contributed by atoms with Gasteiger partial charge in [-0.2, -0.15) is 5.10 Å². The van der Waals surface area contributed by atoms with Crippen molar-refractivity contribution in [2.75, 3.05) is 11.5 Å². The van der Waals surface area contributed by atoms with Crippen molar-refractivity contribution in [1.29, 1.82) is 0 Å². The second-order valence-corrected chi connectivity index (χ2v) is 5.95. The number of rotatable bonds is 6. The molecule has 7 nitrogen and oxygen atoms in total. The lowest BCUT2D eigenvalue weighted by molar-refractivity contribution is 0.580. The second kappa shape index (κ2) is 5.81. The molecule has 0 aliphatic heterocycles. The molecule has 0 bridgehead atoms. The van der Waals surface area contributed by atoms with Crippen molar-refractivity contribution < 1.29 is 8.42 Å². The Labute approximate surface area is 111 Å². The number of nitrogen functional groups attached to an aromatic ring is 1. The fraction of sp³-hybridized carbons (Fsp3) is 0.273.